The zero-order chi connectivity index (χ0) is 23.8. The van der Waals surface area contributed by atoms with E-state index in [-0.39, 0.29) is 28.1 Å². The summed E-state index contributed by atoms with van der Waals surface area (Å²) in [5.41, 5.74) is 4.06. The Balaban J connectivity index is 2.09. The van der Waals surface area contributed by atoms with Gasteiger partial charge in [-0.05, 0) is 55.7 Å². The van der Waals surface area contributed by atoms with Crippen molar-refractivity contribution >= 4 is 17.6 Å². The summed E-state index contributed by atoms with van der Waals surface area (Å²) in [5, 5.41) is 11.4. The standard InChI is InChI=1S/C22H22F3N5O2/c1-10-5-14(8-26)9-28-18(10)19(31)29-15-6-16(11(2)17(23)7-15)22(20(24)25)12(3)13(4)32-21(27)30-22/h5-7,9,12-13,20H,1-4H3,(H2,27,30)(H,29,31)/t12-,13?,22-/m1/s1. The van der Waals surface area contributed by atoms with Crippen LogP contribution in [-0.2, 0) is 10.3 Å². The van der Waals surface area contributed by atoms with Crippen LogP contribution in [0.15, 0.2) is 29.4 Å². The summed E-state index contributed by atoms with van der Waals surface area (Å²) in [6.45, 7) is 6.07. The Morgan fingerprint density at radius 3 is 2.59 bits per heavy atom. The molecule has 3 rings (SSSR count). The number of carbonyl (C=O) groups excluding carboxylic acids is 1. The topological polar surface area (TPSA) is 113 Å². The molecule has 2 heterocycles. The third-order valence-corrected chi connectivity index (χ3v) is 5.79. The lowest BCUT2D eigenvalue weighted by molar-refractivity contribution is -0.0351. The van der Waals surface area contributed by atoms with Crippen LogP contribution < -0.4 is 11.1 Å². The van der Waals surface area contributed by atoms with Gasteiger partial charge in [-0.25, -0.2) is 23.1 Å². The van der Waals surface area contributed by atoms with E-state index in [9.17, 15) is 18.0 Å². The van der Waals surface area contributed by atoms with Crippen molar-refractivity contribution in [2.24, 2.45) is 16.6 Å². The Labute approximate surface area is 183 Å². The fourth-order valence-corrected chi connectivity index (χ4v) is 3.86. The lowest BCUT2D eigenvalue weighted by Gasteiger charge is -2.42. The highest BCUT2D eigenvalue weighted by atomic mass is 19.3. The van der Waals surface area contributed by atoms with Gasteiger partial charge in [0.2, 0.25) is 0 Å². The molecule has 10 heteroatoms. The maximum atomic E-state index is 14.8. The zero-order valence-corrected chi connectivity index (χ0v) is 17.9. The van der Waals surface area contributed by atoms with Crippen LogP contribution in [0.3, 0.4) is 0 Å². The van der Waals surface area contributed by atoms with Gasteiger partial charge in [-0.1, -0.05) is 6.92 Å². The van der Waals surface area contributed by atoms with E-state index in [1.807, 2.05) is 6.07 Å². The highest BCUT2D eigenvalue weighted by Crippen LogP contribution is 2.46. The van der Waals surface area contributed by atoms with Crippen molar-refractivity contribution in [1.82, 2.24) is 4.98 Å². The average molecular weight is 445 g/mol. The third-order valence-electron chi connectivity index (χ3n) is 5.79. The van der Waals surface area contributed by atoms with Crippen molar-refractivity contribution in [2.75, 3.05) is 5.32 Å². The number of nitrogens with one attached hydrogen (secondary N) is 1. The molecule has 0 radical (unpaired) electrons. The SMILES string of the molecule is Cc1cc(C#N)cnc1C(=O)Nc1cc(F)c(C)c([C@]2(C(F)F)N=C(N)OC(C)[C@H]2C)c1. The van der Waals surface area contributed by atoms with Crippen molar-refractivity contribution in [3.63, 3.8) is 0 Å². The molecule has 0 saturated heterocycles. The second kappa shape index (κ2) is 8.49. The van der Waals surface area contributed by atoms with E-state index in [4.69, 9.17) is 15.7 Å². The van der Waals surface area contributed by atoms with Gasteiger partial charge in [-0.3, -0.25) is 4.79 Å². The number of aliphatic imine (C=N–C) groups is 1. The largest absolute Gasteiger partial charge is 0.462 e. The van der Waals surface area contributed by atoms with Crippen LogP contribution in [0.1, 0.15) is 46.6 Å². The van der Waals surface area contributed by atoms with Crippen LogP contribution >= 0.6 is 0 Å². The zero-order valence-electron chi connectivity index (χ0n) is 17.9. The number of nitriles is 1. The van der Waals surface area contributed by atoms with E-state index in [0.717, 1.165) is 6.07 Å². The van der Waals surface area contributed by atoms with Crippen molar-refractivity contribution in [3.05, 3.63) is 58.2 Å². The molecule has 1 aromatic heterocycles. The molecule has 0 saturated carbocycles. The van der Waals surface area contributed by atoms with Gasteiger partial charge in [0.15, 0.2) is 5.54 Å². The number of rotatable bonds is 4. The molecule has 32 heavy (non-hydrogen) atoms. The second-order valence-corrected chi connectivity index (χ2v) is 7.77. The fraction of sp³-hybridized carbons (Fsp3) is 0.364. The maximum absolute atomic E-state index is 14.8. The molecule has 168 valence electrons. The number of nitrogens with two attached hydrogens (primary N) is 1. The molecular weight excluding hydrogens is 423 g/mol. The van der Waals surface area contributed by atoms with Gasteiger partial charge in [0.1, 0.15) is 23.7 Å². The smallest absolute Gasteiger partial charge is 0.283 e. The van der Waals surface area contributed by atoms with Gasteiger partial charge in [-0.2, -0.15) is 5.26 Å². The van der Waals surface area contributed by atoms with E-state index in [0.29, 0.717) is 5.56 Å². The molecule has 0 spiro atoms. The monoisotopic (exact) mass is 445 g/mol. The minimum Gasteiger partial charge on any atom is -0.462 e. The van der Waals surface area contributed by atoms with Gasteiger partial charge in [0.25, 0.3) is 18.4 Å². The first kappa shape index (κ1) is 23.1. The number of anilines is 1. The van der Waals surface area contributed by atoms with Gasteiger partial charge < -0.3 is 15.8 Å². The molecule has 0 bridgehead atoms. The fourth-order valence-electron chi connectivity index (χ4n) is 3.86. The number of halogens is 3. The number of nitrogens with zero attached hydrogens (tertiary/aromatic N) is 3. The number of aromatic nitrogens is 1. The molecule has 1 amide bonds. The summed E-state index contributed by atoms with van der Waals surface area (Å²) in [4.78, 5) is 20.6. The number of ether oxygens (including phenoxy) is 1. The van der Waals surface area contributed by atoms with Crippen LogP contribution in [-0.4, -0.2) is 29.4 Å². The lowest BCUT2D eigenvalue weighted by atomic mass is 9.74. The van der Waals surface area contributed by atoms with Crippen LogP contribution in [0.4, 0.5) is 18.9 Å². The lowest BCUT2D eigenvalue weighted by Crippen LogP contribution is -2.51. The Morgan fingerprint density at radius 1 is 1.31 bits per heavy atom. The Hall–Kier alpha value is -3.61. The van der Waals surface area contributed by atoms with Crippen LogP contribution in [0.25, 0.3) is 0 Å². The van der Waals surface area contributed by atoms with Gasteiger partial charge >= 0.3 is 0 Å². The first-order chi connectivity index (χ1) is 15.0. The minimum atomic E-state index is -3.02. The summed E-state index contributed by atoms with van der Waals surface area (Å²) < 4.78 is 49.1. The predicted molar refractivity (Wildman–Crippen MR) is 112 cm³/mol. The predicted octanol–water partition coefficient (Wildman–Crippen LogP) is 3.79. The molecule has 1 unspecified atom stereocenters. The number of pyridine rings is 1. The molecule has 3 N–H and O–H groups in total. The molecule has 7 nitrogen and oxygen atoms in total. The maximum Gasteiger partial charge on any atom is 0.283 e. The quantitative estimate of drug-likeness (QED) is 0.743. The van der Waals surface area contributed by atoms with E-state index in [1.165, 1.54) is 32.2 Å². The molecule has 2 aromatic rings. The molecule has 0 fully saturated rings. The highest BCUT2D eigenvalue weighted by molar-refractivity contribution is 6.04. The Morgan fingerprint density at radius 2 is 2.00 bits per heavy atom. The summed E-state index contributed by atoms with van der Waals surface area (Å²) in [6, 6.07) is 5.30. The number of benzene rings is 1. The highest BCUT2D eigenvalue weighted by Gasteiger charge is 2.53. The number of hydrogen-bond donors (Lipinski definition) is 2. The van der Waals surface area contributed by atoms with Crippen molar-refractivity contribution in [2.45, 2.75) is 45.8 Å². The number of aryl methyl sites for hydroxylation is 1. The summed E-state index contributed by atoms with van der Waals surface area (Å²) in [7, 11) is 0. The van der Waals surface area contributed by atoms with Crippen molar-refractivity contribution in [1.29, 1.82) is 5.26 Å². The number of carbonyl (C=O) groups is 1. The van der Waals surface area contributed by atoms with E-state index < -0.39 is 41.7 Å². The van der Waals surface area contributed by atoms with Crippen LogP contribution in [0.5, 0.6) is 0 Å². The number of amidine groups is 1. The summed E-state index contributed by atoms with van der Waals surface area (Å²) in [5.74, 6) is -2.31. The summed E-state index contributed by atoms with van der Waals surface area (Å²) >= 11 is 0. The number of alkyl halides is 2. The normalized spacial score (nSPS) is 22.7. The van der Waals surface area contributed by atoms with E-state index in [2.05, 4.69) is 15.3 Å². The summed E-state index contributed by atoms with van der Waals surface area (Å²) in [6.07, 6.45) is -2.49. The molecule has 1 aliphatic heterocycles. The van der Waals surface area contributed by atoms with Crippen LogP contribution in [0.2, 0.25) is 0 Å². The first-order valence-corrected chi connectivity index (χ1v) is 9.80. The Bertz CT molecular complexity index is 1150. The first-order valence-electron chi connectivity index (χ1n) is 9.80. The van der Waals surface area contributed by atoms with E-state index >= 15 is 0 Å². The molecule has 1 aromatic carbocycles. The average Bonchev–Trinajstić information content (AvgIpc) is 2.72. The molecule has 3 atom stereocenters. The van der Waals surface area contributed by atoms with Crippen molar-refractivity contribution in [3.8, 4) is 6.07 Å². The Kier molecular flexibility index (Phi) is 6.12. The second-order valence-electron chi connectivity index (χ2n) is 7.77. The molecule has 0 aliphatic carbocycles. The van der Waals surface area contributed by atoms with E-state index in [1.54, 1.807) is 13.8 Å². The number of hydrogen-bond acceptors (Lipinski definition) is 6. The van der Waals surface area contributed by atoms with Crippen molar-refractivity contribution < 1.29 is 22.7 Å². The third kappa shape index (κ3) is 3.86. The molecular formula is C22H22F3N5O2. The van der Waals surface area contributed by atoms with Crippen LogP contribution in [0, 0.1) is 36.9 Å². The van der Waals surface area contributed by atoms with Gasteiger partial charge in [0.05, 0.1) is 5.56 Å². The van der Waals surface area contributed by atoms with Gasteiger partial charge in [0, 0.05) is 17.8 Å². The number of amides is 1. The molecule has 1 aliphatic rings. The minimum absolute atomic E-state index is 0.0189. The van der Waals surface area contributed by atoms with Gasteiger partial charge in [-0.15, -0.1) is 0 Å².